The second-order valence-corrected chi connectivity index (χ2v) is 5.02. The molecule has 0 aliphatic heterocycles. The van der Waals surface area contributed by atoms with Gasteiger partial charge in [-0.2, -0.15) is 0 Å². The van der Waals surface area contributed by atoms with Crippen LogP contribution < -0.4 is 4.74 Å². The molecule has 0 amide bonds. The van der Waals surface area contributed by atoms with Crippen LogP contribution in [-0.4, -0.2) is 25.9 Å². The highest BCUT2D eigenvalue weighted by Gasteiger charge is 2.25. The van der Waals surface area contributed by atoms with Crippen LogP contribution in [0.2, 0.25) is 0 Å². The number of aliphatic imine (C=N–C) groups is 1. The first kappa shape index (κ1) is 14.6. The lowest BCUT2D eigenvalue weighted by atomic mass is 9.85. The van der Waals surface area contributed by atoms with Gasteiger partial charge in [0.15, 0.2) is 0 Å². The van der Waals surface area contributed by atoms with Crippen LogP contribution in [0.4, 0.5) is 5.69 Å². The molecule has 1 saturated carbocycles. The lowest BCUT2D eigenvalue weighted by Crippen LogP contribution is -2.26. The first-order valence-corrected chi connectivity index (χ1v) is 7.05. The van der Waals surface area contributed by atoms with Gasteiger partial charge in [0.2, 0.25) is 0 Å². The molecule has 1 aliphatic rings. The molecule has 108 valence electrons. The molecule has 20 heavy (non-hydrogen) atoms. The van der Waals surface area contributed by atoms with Crippen LogP contribution in [0.25, 0.3) is 0 Å². The predicted molar refractivity (Wildman–Crippen MR) is 78.7 cm³/mol. The number of carbonyl (C=O) groups is 1. The van der Waals surface area contributed by atoms with E-state index in [0.717, 1.165) is 37.1 Å². The maximum Gasteiger partial charge on any atom is 0.352 e. The molecule has 0 radical (unpaired) electrons. The van der Waals surface area contributed by atoms with Crippen molar-refractivity contribution in [3.05, 3.63) is 24.3 Å². The zero-order chi connectivity index (χ0) is 14.4. The Balaban J connectivity index is 2.23. The SMILES string of the molecule is COC(=O)C(=Nc1ccc(OC)cc1)C1CCCCC1. The fraction of sp³-hybridized carbons (Fsp3) is 0.500. The zero-order valence-corrected chi connectivity index (χ0v) is 12.1. The minimum absolute atomic E-state index is 0.221. The van der Waals surface area contributed by atoms with E-state index in [-0.39, 0.29) is 11.9 Å². The van der Waals surface area contributed by atoms with Crippen molar-refractivity contribution in [3.8, 4) is 5.75 Å². The number of nitrogens with zero attached hydrogens (tertiary/aromatic N) is 1. The van der Waals surface area contributed by atoms with E-state index in [1.165, 1.54) is 13.5 Å². The second-order valence-electron chi connectivity index (χ2n) is 5.02. The maximum absolute atomic E-state index is 12.0. The topological polar surface area (TPSA) is 47.9 Å². The van der Waals surface area contributed by atoms with Gasteiger partial charge < -0.3 is 9.47 Å². The summed E-state index contributed by atoms with van der Waals surface area (Å²) in [5, 5.41) is 0. The van der Waals surface area contributed by atoms with Gasteiger partial charge in [-0.25, -0.2) is 9.79 Å². The van der Waals surface area contributed by atoms with Crippen LogP contribution >= 0.6 is 0 Å². The van der Waals surface area contributed by atoms with E-state index in [1.807, 2.05) is 24.3 Å². The van der Waals surface area contributed by atoms with E-state index in [2.05, 4.69) is 4.99 Å². The van der Waals surface area contributed by atoms with Gasteiger partial charge >= 0.3 is 5.97 Å². The van der Waals surface area contributed by atoms with Gasteiger partial charge in [0.1, 0.15) is 11.5 Å². The Labute approximate surface area is 119 Å². The molecule has 1 fully saturated rings. The molecule has 0 N–H and O–H groups in total. The highest BCUT2D eigenvalue weighted by molar-refractivity contribution is 6.37. The molecule has 0 spiro atoms. The minimum atomic E-state index is -0.312. The average molecular weight is 275 g/mol. The van der Waals surface area contributed by atoms with Gasteiger partial charge in [-0.05, 0) is 37.1 Å². The van der Waals surface area contributed by atoms with Crippen LogP contribution in [0.15, 0.2) is 29.3 Å². The standard InChI is InChI=1S/C16H21NO3/c1-19-14-10-8-13(9-11-14)17-15(16(18)20-2)12-6-4-3-5-7-12/h8-12H,3-7H2,1-2H3. The molecule has 1 aromatic carbocycles. The third-order valence-electron chi connectivity index (χ3n) is 3.71. The minimum Gasteiger partial charge on any atom is -0.497 e. The molecular formula is C16H21NO3. The fourth-order valence-electron chi connectivity index (χ4n) is 2.58. The monoisotopic (exact) mass is 275 g/mol. The van der Waals surface area contributed by atoms with Crippen molar-refractivity contribution >= 4 is 17.4 Å². The average Bonchev–Trinajstić information content (AvgIpc) is 2.53. The molecule has 0 unspecified atom stereocenters. The molecule has 1 aromatic rings. The second kappa shape index (κ2) is 7.08. The van der Waals surface area contributed by atoms with Crippen molar-refractivity contribution in [2.75, 3.05) is 14.2 Å². The number of carbonyl (C=O) groups excluding carboxylic acids is 1. The van der Waals surface area contributed by atoms with Crippen molar-refractivity contribution in [3.63, 3.8) is 0 Å². The Morgan fingerprint density at radius 1 is 1.10 bits per heavy atom. The Bertz CT molecular complexity index is 473. The van der Waals surface area contributed by atoms with Crippen LogP contribution in [0.1, 0.15) is 32.1 Å². The maximum atomic E-state index is 12.0. The van der Waals surface area contributed by atoms with E-state index in [0.29, 0.717) is 5.71 Å². The summed E-state index contributed by atoms with van der Waals surface area (Å²) in [7, 11) is 3.04. The summed E-state index contributed by atoms with van der Waals surface area (Å²) in [6.07, 6.45) is 5.59. The highest BCUT2D eigenvalue weighted by atomic mass is 16.5. The van der Waals surface area contributed by atoms with Crippen molar-refractivity contribution < 1.29 is 14.3 Å². The Hall–Kier alpha value is -1.84. The normalized spacial score (nSPS) is 16.8. The largest absolute Gasteiger partial charge is 0.497 e. The lowest BCUT2D eigenvalue weighted by molar-refractivity contribution is -0.133. The van der Waals surface area contributed by atoms with Crippen molar-refractivity contribution in [2.24, 2.45) is 10.9 Å². The number of hydrogen-bond acceptors (Lipinski definition) is 4. The number of rotatable bonds is 4. The molecule has 2 rings (SSSR count). The molecule has 4 nitrogen and oxygen atoms in total. The fourth-order valence-corrected chi connectivity index (χ4v) is 2.58. The van der Waals surface area contributed by atoms with Gasteiger partial charge in [-0.15, -0.1) is 0 Å². The Kier molecular flexibility index (Phi) is 5.16. The lowest BCUT2D eigenvalue weighted by Gasteiger charge is -2.21. The molecule has 0 atom stereocenters. The molecular weight excluding hydrogens is 254 g/mol. The third kappa shape index (κ3) is 3.59. The van der Waals surface area contributed by atoms with Crippen molar-refractivity contribution in [2.45, 2.75) is 32.1 Å². The summed E-state index contributed by atoms with van der Waals surface area (Å²) < 4.78 is 10.0. The molecule has 0 saturated heterocycles. The van der Waals surface area contributed by atoms with E-state index in [9.17, 15) is 4.79 Å². The summed E-state index contributed by atoms with van der Waals surface area (Å²) in [5.74, 6) is 0.687. The van der Waals surface area contributed by atoms with Crippen molar-refractivity contribution in [1.82, 2.24) is 0 Å². The summed E-state index contributed by atoms with van der Waals surface area (Å²) >= 11 is 0. The van der Waals surface area contributed by atoms with E-state index in [4.69, 9.17) is 9.47 Å². The number of esters is 1. The van der Waals surface area contributed by atoms with E-state index < -0.39 is 0 Å². The van der Waals surface area contributed by atoms with Gasteiger partial charge in [-0.1, -0.05) is 19.3 Å². The molecule has 0 aromatic heterocycles. The van der Waals surface area contributed by atoms with Crippen molar-refractivity contribution in [1.29, 1.82) is 0 Å². The first-order chi connectivity index (χ1) is 9.74. The van der Waals surface area contributed by atoms with Crippen LogP contribution in [0.5, 0.6) is 5.75 Å². The zero-order valence-electron chi connectivity index (χ0n) is 12.1. The summed E-state index contributed by atoms with van der Waals surface area (Å²) in [5.41, 5.74) is 1.31. The molecule has 1 aliphatic carbocycles. The van der Waals surface area contributed by atoms with Crippen LogP contribution in [0, 0.1) is 5.92 Å². The van der Waals surface area contributed by atoms with E-state index >= 15 is 0 Å². The van der Waals surface area contributed by atoms with Crippen LogP contribution in [-0.2, 0) is 9.53 Å². The number of ether oxygens (including phenoxy) is 2. The quantitative estimate of drug-likeness (QED) is 0.624. The first-order valence-electron chi connectivity index (χ1n) is 7.05. The Morgan fingerprint density at radius 2 is 1.75 bits per heavy atom. The smallest absolute Gasteiger partial charge is 0.352 e. The van der Waals surface area contributed by atoms with Gasteiger partial charge in [0.05, 0.1) is 19.9 Å². The number of benzene rings is 1. The number of hydrogen-bond donors (Lipinski definition) is 0. The number of methoxy groups -OCH3 is 2. The molecule has 4 heteroatoms. The Morgan fingerprint density at radius 3 is 2.30 bits per heavy atom. The van der Waals surface area contributed by atoms with Gasteiger partial charge in [0, 0.05) is 5.92 Å². The molecule has 0 heterocycles. The van der Waals surface area contributed by atoms with Gasteiger partial charge in [0.25, 0.3) is 0 Å². The molecule has 0 bridgehead atoms. The summed E-state index contributed by atoms with van der Waals surface area (Å²) in [6.45, 7) is 0. The third-order valence-corrected chi connectivity index (χ3v) is 3.71. The van der Waals surface area contributed by atoms with E-state index in [1.54, 1.807) is 7.11 Å². The summed E-state index contributed by atoms with van der Waals surface area (Å²) in [4.78, 5) is 16.5. The highest BCUT2D eigenvalue weighted by Crippen LogP contribution is 2.27. The summed E-state index contributed by atoms with van der Waals surface area (Å²) in [6, 6.07) is 7.39. The predicted octanol–water partition coefficient (Wildman–Crippen LogP) is 3.52. The van der Waals surface area contributed by atoms with Gasteiger partial charge in [-0.3, -0.25) is 0 Å². The van der Waals surface area contributed by atoms with Crippen LogP contribution in [0.3, 0.4) is 0 Å².